The molecule has 1 fully saturated rings. The van der Waals surface area contributed by atoms with Crippen LogP contribution in [0, 0.1) is 0 Å². The largest absolute Gasteiger partial charge is 0.497 e. The maximum atomic E-state index is 12.1. The van der Waals surface area contributed by atoms with Gasteiger partial charge in [0.25, 0.3) is 0 Å². The van der Waals surface area contributed by atoms with Crippen molar-refractivity contribution < 1.29 is 19.0 Å². The molecule has 0 radical (unpaired) electrons. The van der Waals surface area contributed by atoms with E-state index in [0.717, 1.165) is 12.3 Å². The number of nitrogens with zero attached hydrogens (tertiary/aromatic N) is 1. The molecule has 1 aliphatic rings. The molecule has 31 heavy (non-hydrogen) atoms. The summed E-state index contributed by atoms with van der Waals surface area (Å²) in [4.78, 5) is 14.6. The van der Waals surface area contributed by atoms with Crippen LogP contribution in [0.5, 0.6) is 17.2 Å². The van der Waals surface area contributed by atoms with Crippen molar-refractivity contribution in [1.82, 2.24) is 10.2 Å². The molecule has 0 atom stereocenters. The van der Waals surface area contributed by atoms with Gasteiger partial charge in [-0.3, -0.25) is 4.90 Å². The molecular formula is C24H33N3O4. The summed E-state index contributed by atoms with van der Waals surface area (Å²) < 4.78 is 16.2. The average molecular weight is 428 g/mol. The highest BCUT2D eigenvalue weighted by molar-refractivity contribution is 5.91. The van der Waals surface area contributed by atoms with Gasteiger partial charge in [0.1, 0.15) is 17.2 Å². The van der Waals surface area contributed by atoms with Gasteiger partial charge in [0.05, 0.1) is 26.5 Å². The van der Waals surface area contributed by atoms with E-state index >= 15 is 0 Å². The van der Waals surface area contributed by atoms with E-state index in [4.69, 9.17) is 14.2 Å². The molecule has 1 saturated heterocycles. The molecule has 2 N–H and O–H groups in total. The molecule has 0 bridgehead atoms. The number of likely N-dealkylation sites (tertiary alicyclic amines) is 1. The molecule has 3 rings (SSSR count). The van der Waals surface area contributed by atoms with Crippen LogP contribution in [0.15, 0.2) is 42.5 Å². The third-order valence-corrected chi connectivity index (χ3v) is 5.31. The Morgan fingerprint density at radius 2 is 1.71 bits per heavy atom. The fourth-order valence-electron chi connectivity index (χ4n) is 3.60. The zero-order valence-electron chi connectivity index (χ0n) is 18.5. The Morgan fingerprint density at radius 1 is 0.968 bits per heavy atom. The van der Waals surface area contributed by atoms with E-state index in [-0.39, 0.29) is 6.03 Å². The van der Waals surface area contributed by atoms with E-state index in [1.165, 1.54) is 37.9 Å². The average Bonchev–Trinajstić information content (AvgIpc) is 2.81. The lowest BCUT2D eigenvalue weighted by molar-refractivity contribution is 0.221. The summed E-state index contributed by atoms with van der Waals surface area (Å²) in [5.41, 5.74) is 1.91. The van der Waals surface area contributed by atoms with Gasteiger partial charge in [0, 0.05) is 19.2 Å². The summed E-state index contributed by atoms with van der Waals surface area (Å²) in [6.07, 6.45) is 4.68. The molecule has 2 amide bonds. The fourth-order valence-corrected chi connectivity index (χ4v) is 3.60. The third-order valence-electron chi connectivity index (χ3n) is 5.31. The number of benzene rings is 2. The molecular weight excluding hydrogens is 394 g/mol. The Kier molecular flexibility index (Phi) is 8.84. The number of ether oxygens (including phenoxy) is 3. The van der Waals surface area contributed by atoms with Crippen molar-refractivity contribution in [1.29, 1.82) is 0 Å². The number of piperidine rings is 1. The van der Waals surface area contributed by atoms with Crippen molar-refractivity contribution in [2.45, 2.75) is 32.2 Å². The number of hydrogen-bond acceptors (Lipinski definition) is 5. The summed E-state index contributed by atoms with van der Waals surface area (Å²) in [6.45, 7) is 4.46. The van der Waals surface area contributed by atoms with Crippen molar-refractivity contribution in [2.24, 2.45) is 0 Å². The molecule has 2 aromatic rings. The van der Waals surface area contributed by atoms with Gasteiger partial charge in [0.15, 0.2) is 0 Å². The third kappa shape index (κ3) is 7.36. The van der Waals surface area contributed by atoms with E-state index in [9.17, 15) is 4.79 Å². The molecule has 7 nitrogen and oxygen atoms in total. The Balaban J connectivity index is 1.33. The minimum absolute atomic E-state index is 0.287. The molecule has 168 valence electrons. The Morgan fingerprint density at radius 3 is 2.42 bits per heavy atom. The summed E-state index contributed by atoms with van der Waals surface area (Å²) in [7, 11) is 3.13. The van der Waals surface area contributed by atoms with Crippen LogP contribution >= 0.6 is 0 Å². The second-order valence-corrected chi connectivity index (χ2v) is 7.63. The number of methoxy groups -OCH3 is 2. The Labute approximate surface area is 184 Å². The highest BCUT2D eigenvalue weighted by Crippen LogP contribution is 2.28. The number of hydrogen-bond donors (Lipinski definition) is 2. The van der Waals surface area contributed by atoms with Crippen LogP contribution in [0.3, 0.4) is 0 Å². The number of carbonyl (C=O) groups is 1. The molecule has 2 aromatic carbocycles. The van der Waals surface area contributed by atoms with Gasteiger partial charge in [-0.1, -0.05) is 18.6 Å². The quantitative estimate of drug-likeness (QED) is 0.554. The van der Waals surface area contributed by atoms with E-state index < -0.39 is 0 Å². The molecule has 0 spiro atoms. The minimum atomic E-state index is -0.287. The summed E-state index contributed by atoms with van der Waals surface area (Å²) >= 11 is 0. The maximum Gasteiger partial charge on any atom is 0.319 e. The molecule has 0 unspecified atom stereocenters. The van der Waals surface area contributed by atoms with Crippen LogP contribution in [0.4, 0.5) is 10.5 Å². The van der Waals surface area contributed by atoms with Gasteiger partial charge in [-0.15, -0.1) is 0 Å². The monoisotopic (exact) mass is 427 g/mol. The molecule has 1 heterocycles. The van der Waals surface area contributed by atoms with Crippen molar-refractivity contribution in [2.75, 3.05) is 45.8 Å². The molecule has 1 aliphatic heterocycles. The van der Waals surface area contributed by atoms with Crippen LogP contribution in [0.2, 0.25) is 0 Å². The number of anilines is 1. The first-order chi connectivity index (χ1) is 15.2. The van der Waals surface area contributed by atoms with E-state index in [0.29, 0.717) is 36.8 Å². The molecule has 0 saturated carbocycles. The Bertz CT molecular complexity index is 820. The first kappa shape index (κ1) is 22.7. The van der Waals surface area contributed by atoms with Gasteiger partial charge in [-0.25, -0.2) is 4.79 Å². The van der Waals surface area contributed by atoms with Gasteiger partial charge >= 0.3 is 6.03 Å². The number of rotatable bonds is 10. The summed E-state index contributed by atoms with van der Waals surface area (Å²) in [5, 5.41) is 5.62. The SMILES string of the molecule is COc1ccc(NC(=O)NCCCOc2ccc(CN3CCCCC3)cc2)c(OC)c1. The molecule has 0 aliphatic carbocycles. The first-order valence-corrected chi connectivity index (χ1v) is 10.9. The zero-order valence-corrected chi connectivity index (χ0v) is 18.5. The number of urea groups is 1. The van der Waals surface area contributed by atoms with Crippen molar-refractivity contribution in [3.63, 3.8) is 0 Å². The predicted molar refractivity (Wildman–Crippen MR) is 122 cm³/mol. The van der Waals surface area contributed by atoms with Crippen molar-refractivity contribution >= 4 is 11.7 Å². The number of amides is 2. The smallest absolute Gasteiger partial charge is 0.319 e. The van der Waals surface area contributed by atoms with Gasteiger partial charge in [-0.05, 0) is 62.2 Å². The van der Waals surface area contributed by atoms with Crippen LogP contribution in [-0.4, -0.2) is 51.4 Å². The number of nitrogens with one attached hydrogen (secondary N) is 2. The number of carbonyl (C=O) groups excluding carboxylic acids is 1. The Hall–Kier alpha value is -2.93. The highest BCUT2D eigenvalue weighted by Gasteiger charge is 2.10. The fraction of sp³-hybridized carbons (Fsp3) is 0.458. The minimum Gasteiger partial charge on any atom is -0.497 e. The van der Waals surface area contributed by atoms with Gasteiger partial charge in [-0.2, -0.15) is 0 Å². The van der Waals surface area contributed by atoms with E-state index in [1.54, 1.807) is 32.4 Å². The second kappa shape index (κ2) is 12.1. The summed E-state index contributed by atoms with van der Waals surface area (Å²) in [5.74, 6) is 2.07. The van der Waals surface area contributed by atoms with Crippen LogP contribution in [0.25, 0.3) is 0 Å². The van der Waals surface area contributed by atoms with Gasteiger partial charge in [0.2, 0.25) is 0 Å². The van der Waals surface area contributed by atoms with Crippen LogP contribution in [0.1, 0.15) is 31.2 Å². The van der Waals surface area contributed by atoms with E-state index in [1.807, 2.05) is 12.1 Å². The first-order valence-electron chi connectivity index (χ1n) is 10.9. The molecule has 7 heteroatoms. The lowest BCUT2D eigenvalue weighted by Crippen LogP contribution is -2.30. The standard InChI is InChI=1S/C24H33N3O4/c1-29-21-11-12-22(23(17-21)30-2)26-24(28)25-13-6-16-31-20-9-7-19(8-10-20)18-27-14-4-3-5-15-27/h7-12,17H,3-6,13-16,18H2,1-2H3,(H2,25,26,28). The normalized spacial score (nSPS) is 14.0. The highest BCUT2D eigenvalue weighted by atomic mass is 16.5. The van der Waals surface area contributed by atoms with Crippen molar-refractivity contribution in [3.8, 4) is 17.2 Å². The zero-order chi connectivity index (χ0) is 21.9. The lowest BCUT2D eigenvalue weighted by atomic mass is 10.1. The summed E-state index contributed by atoms with van der Waals surface area (Å²) in [6, 6.07) is 13.3. The van der Waals surface area contributed by atoms with Crippen LogP contribution in [-0.2, 0) is 6.54 Å². The van der Waals surface area contributed by atoms with Gasteiger partial charge < -0.3 is 24.8 Å². The maximum absolute atomic E-state index is 12.1. The van der Waals surface area contributed by atoms with Crippen LogP contribution < -0.4 is 24.8 Å². The molecule has 0 aromatic heterocycles. The predicted octanol–water partition coefficient (Wildman–Crippen LogP) is 4.28. The second-order valence-electron chi connectivity index (χ2n) is 7.63. The van der Waals surface area contributed by atoms with E-state index in [2.05, 4.69) is 27.7 Å². The topological polar surface area (TPSA) is 72.1 Å². The van der Waals surface area contributed by atoms with Crippen molar-refractivity contribution in [3.05, 3.63) is 48.0 Å². The lowest BCUT2D eigenvalue weighted by Gasteiger charge is -2.26.